The number of thiophene rings is 1. The van der Waals surface area contributed by atoms with Gasteiger partial charge >= 0.3 is 0 Å². The quantitative estimate of drug-likeness (QED) is 0.704. The van der Waals surface area contributed by atoms with Crippen LogP contribution < -0.4 is 0 Å². The van der Waals surface area contributed by atoms with E-state index in [0.717, 1.165) is 5.52 Å². The molecule has 0 fully saturated rings. The van der Waals surface area contributed by atoms with Crippen LogP contribution >= 0.6 is 23.1 Å². The second kappa shape index (κ2) is 4.37. The summed E-state index contributed by atoms with van der Waals surface area (Å²) >= 11 is 3.64. The fraction of sp³-hybridized carbons (Fsp3) is 0.250. The van der Waals surface area contributed by atoms with Gasteiger partial charge in [0.1, 0.15) is 0 Å². The van der Waals surface area contributed by atoms with Crippen molar-refractivity contribution >= 4 is 33.3 Å². The topological polar surface area (TPSA) is 12.9 Å². The second-order valence-electron chi connectivity index (χ2n) is 3.38. The number of nitrogens with zero attached hydrogens (tertiary/aromatic N) is 1. The maximum absolute atomic E-state index is 4.37. The van der Waals surface area contributed by atoms with Gasteiger partial charge in [-0.3, -0.25) is 4.98 Å². The molecule has 1 nitrogen and oxygen atoms in total. The zero-order valence-electron chi connectivity index (χ0n) is 9.07. The molecule has 2 rings (SSSR count). The molecule has 15 heavy (non-hydrogen) atoms. The van der Waals surface area contributed by atoms with Gasteiger partial charge < -0.3 is 0 Å². The third kappa shape index (κ3) is 2.24. The average Bonchev–Trinajstić information content (AvgIpc) is 2.59. The van der Waals surface area contributed by atoms with Crippen molar-refractivity contribution in [3.05, 3.63) is 34.2 Å². The molecule has 2 aromatic heterocycles. The Labute approximate surface area is 98.2 Å². The highest BCUT2D eigenvalue weighted by molar-refractivity contribution is 8.03. The first-order chi connectivity index (χ1) is 7.20. The summed E-state index contributed by atoms with van der Waals surface area (Å²) in [5.41, 5.74) is 1.12. The van der Waals surface area contributed by atoms with Gasteiger partial charge in [0.15, 0.2) is 0 Å². The minimum Gasteiger partial charge on any atom is -0.255 e. The molecule has 0 saturated heterocycles. The summed E-state index contributed by atoms with van der Waals surface area (Å²) in [6.45, 7) is 6.33. The van der Waals surface area contributed by atoms with E-state index in [1.807, 2.05) is 29.3 Å². The van der Waals surface area contributed by atoms with Gasteiger partial charge in [0.05, 0.1) is 10.2 Å². The number of fused-ring (bicyclic) bond motifs is 1. The normalized spacial score (nSPS) is 12.3. The highest BCUT2D eigenvalue weighted by Gasteiger charge is 2.06. The first-order valence-corrected chi connectivity index (χ1v) is 6.50. The van der Waals surface area contributed by atoms with Crippen molar-refractivity contribution in [2.45, 2.75) is 25.7 Å². The zero-order valence-corrected chi connectivity index (χ0v) is 10.7. The Morgan fingerprint density at radius 3 is 3.07 bits per heavy atom. The summed E-state index contributed by atoms with van der Waals surface area (Å²) in [6.07, 6.45) is 4.02. The largest absolute Gasteiger partial charge is 0.255 e. The minimum absolute atomic E-state index is 1.12. The van der Waals surface area contributed by atoms with E-state index in [1.165, 1.54) is 19.4 Å². The van der Waals surface area contributed by atoms with Crippen LogP contribution in [0.5, 0.6) is 0 Å². The Kier molecular flexibility index (Phi) is 3.12. The van der Waals surface area contributed by atoms with E-state index in [9.17, 15) is 0 Å². The highest BCUT2D eigenvalue weighted by Crippen LogP contribution is 2.35. The molecule has 0 aliphatic carbocycles. The Morgan fingerprint density at radius 2 is 2.33 bits per heavy atom. The first-order valence-electron chi connectivity index (χ1n) is 4.86. The molecule has 0 aliphatic rings. The number of thioether (sulfide) groups is 1. The van der Waals surface area contributed by atoms with Crippen LogP contribution in [0.25, 0.3) is 10.2 Å². The summed E-state index contributed by atoms with van der Waals surface area (Å²) < 4.78 is 1.31. The van der Waals surface area contributed by atoms with E-state index >= 15 is 0 Å². The standard InChI is InChI=1S/C12H13NS2/c1-4-8(2)14-11-5-6-13-10-7-9(3)15-12(10)11/h4-7H,1-3H3/b8-4+. The van der Waals surface area contributed by atoms with Gasteiger partial charge in [-0.25, -0.2) is 0 Å². The average molecular weight is 235 g/mol. The fourth-order valence-corrected chi connectivity index (χ4v) is 3.27. The number of aromatic nitrogens is 1. The van der Waals surface area contributed by atoms with E-state index < -0.39 is 0 Å². The molecule has 0 aliphatic heterocycles. The van der Waals surface area contributed by atoms with E-state index in [2.05, 4.69) is 44.0 Å². The predicted octanol–water partition coefficient (Wildman–Crippen LogP) is 4.62. The molecule has 2 heterocycles. The number of hydrogen-bond donors (Lipinski definition) is 0. The molecule has 0 unspecified atom stereocenters. The van der Waals surface area contributed by atoms with Gasteiger partial charge in [-0.2, -0.15) is 0 Å². The summed E-state index contributed by atoms with van der Waals surface area (Å²) in [4.78, 5) is 8.34. The molecule has 0 saturated carbocycles. The third-order valence-corrected chi connectivity index (χ3v) is 4.50. The summed E-state index contributed by atoms with van der Waals surface area (Å²) in [5.74, 6) is 0. The van der Waals surface area contributed by atoms with Crippen LogP contribution in [0.1, 0.15) is 18.7 Å². The van der Waals surface area contributed by atoms with Gasteiger partial charge in [0.25, 0.3) is 0 Å². The lowest BCUT2D eigenvalue weighted by atomic mass is 10.4. The van der Waals surface area contributed by atoms with Crippen LogP contribution in [0.2, 0.25) is 0 Å². The molecule has 0 spiro atoms. The number of allylic oxidation sites excluding steroid dienone is 2. The Morgan fingerprint density at radius 1 is 1.53 bits per heavy atom. The van der Waals surface area contributed by atoms with Crippen molar-refractivity contribution in [1.29, 1.82) is 0 Å². The second-order valence-corrected chi connectivity index (χ2v) is 5.93. The van der Waals surface area contributed by atoms with Gasteiger partial charge in [-0.15, -0.1) is 11.3 Å². The van der Waals surface area contributed by atoms with Crippen molar-refractivity contribution < 1.29 is 0 Å². The number of rotatable bonds is 2. The highest BCUT2D eigenvalue weighted by atomic mass is 32.2. The molecule has 0 N–H and O–H groups in total. The van der Waals surface area contributed by atoms with Crippen molar-refractivity contribution in [3.63, 3.8) is 0 Å². The van der Waals surface area contributed by atoms with Crippen molar-refractivity contribution in [1.82, 2.24) is 4.98 Å². The number of pyridine rings is 1. The molecule has 0 bridgehead atoms. The molecule has 0 atom stereocenters. The van der Waals surface area contributed by atoms with E-state index in [4.69, 9.17) is 0 Å². The molecule has 2 aromatic rings. The Balaban J connectivity index is 2.50. The van der Waals surface area contributed by atoms with Gasteiger partial charge in [0, 0.05) is 16.0 Å². The fourth-order valence-electron chi connectivity index (χ4n) is 1.35. The SMILES string of the molecule is C/C=C(\C)Sc1ccnc2cc(C)sc12. The predicted molar refractivity (Wildman–Crippen MR) is 69.6 cm³/mol. The van der Waals surface area contributed by atoms with Crippen LogP contribution in [-0.2, 0) is 0 Å². The first kappa shape index (κ1) is 10.7. The van der Waals surface area contributed by atoms with Crippen molar-refractivity contribution in [2.75, 3.05) is 0 Å². The molecule has 0 radical (unpaired) electrons. The van der Waals surface area contributed by atoms with Gasteiger partial charge in [-0.05, 0) is 37.8 Å². The van der Waals surface area contributed by atoms with Gasteiger partial charge in [-0.1, -0.05) is 17.8 Å². The maximum Gasteiger partial charge on any atom is 0.0823 e. The summed E-state index contributed by atoms with van der Waals surface area (Å²) in [6, 6.07) is 4.24. The molecule has 0 aromatic carbocycles. The van der Waals surface area contributed by atoms with Crippen molar-refractivity contribution in [2.24, 2.45) is 0 Å². The smallest absolute Gasteiger partial charge is 0.0823 e. The third-order valence-electron chi connectivity index (χ3n) is 2.18. The molecular formula is C12H13NS2. The summed E-state index contributed by atoms with van der Waals surface area (Å²) in [7, 11) is 0. The van der Waals surface area contributed by atoms with Crippen LogP contribution in [0, 0.1) is 6.92 Å². The Bertz CT molecular complexity index is 511. The van der Waals surface area contributed by atoms with Crippen molar-refractivity contribution in [3.8, 4) is 0 Å². The summed E-state index contributed by atoms with van der Waals surface area (Å²) in [5, 5.41) is 0. The van der Waals surface area contributed by atoms with Crippen LogP contribution in [0.3, 0.4) is 0 Å². The minimum atomic E-state index is 1.12. The lowest BCUT2D eigenvalue weighted by molar-refractivity contribution is 1.37. The zero-order chi connectivity index (χ0) is 10.8. The lowest BCUT2D eigenvalue weighted by Gasteiger charge is -2.01. The van der Waals surface area contributed by atoms with Crippen LogP contribution in [0.15, 0.2) is 34.2 Å². The van der Waals surface area contributed by atoms with Crippen LogP contribution in [0.4, 0.5) is 0 Å². The van der Waals surface area contributed by atoms with Gasteiger partial charge in [0.2, 0.25) is 0 Å². The molecule has 0 amide bonds. The van der Waals surface area contributed by atoms with E-state index in [-0.39, 0.29) is 0 Å². The number of hydrogen-bond acceptors (Lipinski definition) is 3. The molecular weight excluding hydrogens is 222 g/mol. The molecule has 3 heteroatoms. The monoisotopic (exact) mass is 235 g/mol. The van der Waals surface area contributed by atoms with E-state index in [0.29, 0.717) is 0 Å². The number of aryl methyl sites for hydroxylation is 1. The maximum atomic E-state index is 4.37. The Hall–Kier alpha value is -0.800. The van der Waals surface area contributed by atoms with Crippen LogP contribution in [-0.4, -0.2) is 4.98 Å². The van der Waals surface area contributed by atoms with E-state index in [1.54, 1.807) is 0 Å². The molecule has 78 valence electrons. The lowest BCUT2D eigenvalue weighted by Crippen LogP contribution is -1.76.